The number of rotatable bonds is 7. The molecule has 0 spiro atoms. The smallest absolute Gasteiger partial charge is 0.270 e. The van der Waals surface area contributed by atoms with Crippen molar-refractivity contribution in [3.8, 4) is 11.5 Å². The number of hydrogen-bond acceptors (Lipinski definition) is 6. The molecule has 2 rings (SSSR count). The fraction of sp³-hybridized carbons (Fsp3) is 0.176. The maximum absolute atomic E-state index is 11.5. The van der Waals surface area contributed by atoms with Crippen LogP contribution in [0.15, 0.2) is 36.4 Å². The molecular formula is C17H15NO6. The minimum atomic E-state index is -0.587. The molecule has 0 fully saturated rings. The molecule has 0 N–H and O–H groups in total. The van der Waals surface area contributed by atoms with E-state index >= 15 is 0 Å². The van der Waals surface area contributed by atoms with E-state index in [1.165, 1.54) is 26.2 Å². The van der Waals surface area contributed by atoms with Crippen LogP contribution in [0.25, 0.3) is 0 Å². The molecule has 7 heteroatoms. The van der Waals surface area contributed by atoms with Crippen LogP contribution < -0.4 is 9.47 Å². The number of ether oxygens (including phenoxy) is 2. The number of Topliss-reactive ketones (excluding diaryl/α,β-unsaturated/α-hetero) is 1. The molecule has 124 valence electrons. The second-order valence-corrected chi connectivity index (χ2v) is 4.97. The highest BCUT2D eigenvalue weighted by atomic mass is 16.6. The Bertz CT molecular complexity index is 800. The lowest BCUT2D eigenvalue weighted by atomic mass is 10.1. The molecule has 0 aliphatic rings. The van der Waals surface area contributed by atoms with Crippen LogP contribution in [0, 0.1) is 10.1 Å². The van der Waals surface area contributed by atoms with Crippen molar-refractivity contribution < 1.29 is 24.0 Å². The highest BCUT2D eigenvalue weighted by Crippen LogP contribution is 2.26. The molecule has 2 aromatic carbocycles. The Hall–Kier alpha value is -3.22. The summed E-state index contributed by atoms with van der Waals surface area (Å²) in [4.78, 5) is 32.7. The number of hydrogen-bond donors (Lipinski definition) is 0. The van der Waals surface area contributed by atoms with E-state index in [2.05, 4.69) is 0 Å². The molecule has 0 amide bonds. The van der Waals surface area contributed by atoms with Gasteiger partial charge in [0.1, 0.15) is 18.1 Å². The topological polar surface area (TPSA) is 95.7 Å². The maximum atomic E-state index is 11.5. The number of nitro benzene ring substituents is 1. The molecule has 0 unspecified atom stereocenters. The van der Waals surface area contributed by atoms with E-state index in [9.17, 15) is 19.7 Å². The molecule has 0 bridgehead atoms. The van der Waals surface area contributed by atoms with Gasteiger partial charge in [-0.2, -0.15) is 0 Å². The Morgan fingerprint density at radius 2 is 1.92 bits per heavy atom. The number of nitro groups is 1. The van der Waals surface area contributed by atoms with Gasteiger partial charge in [-0.05, 0) is 31.2 Å². The third kappa shape index (κ3) is 3.75. The van der Waals surface area contributed by atoms with Gasteiger partial charge < -0.3 is 9.47 Å². The predicted molar refractivity (Wildman–Crippen MR) is 85.8 cm³/mol. The first-order valence-electron chi connectivity index (χ1n) is 7.00. The molecule has 0 radical (unpaired) electrons. The summed E-state index contributed by atoms with van der Waals surface area (Å²) in [5.41, 5.74) is 1.01. The third-order valence-corrected chi connectivity index (χ3v) is 3.40. The summed E-state index contributed by atoms with van der Waals surface area (Å²) in [5, 5.41) is 10.7. The van der Waals surface area contributed by atoms with E-state index in [0.29, 0.717) is 23.2 Å². The van der Waals surface area contributed by atoms with Gasteiger partial charge in [0.15, 0.2) is 12.1 Å². The zero-order valence-corrected chi connectivity index (χ0v) is 13.1. The van der Waals surface area contributed by atoms with Crippen LogP contribution in [0.1, 0.15) is 33.2 Å². The molecule has 0 saturated heterocycles. The Labute approximate surface area is 138 Å². The number of methoxy groups -OCH3 is 1. The van der Waals surface area contributed by atoms with Gasteiger partial charge in [-0.25, -0.2) is 0 Å². The quantitative estimate of drug-likeness (QED) is 0.335. The van der Waals surface area contributed by atoms with E-state index < -0.39 is 4.92 Å². The van der Waals surface area contributed by atoms with Crippen LogP contribution in [0.5, 0.6) is 11.5 Å². The highest BCUT2D eigenvalue weighted by Gasteiger charge is 2.13. The standard InChI is InChI=1S/C17H15NO6/c1-11(20)12-3-5-16(23-2)14(7-12)10-24-17-6-4-15(18(21)22)8-13(17)9-19/h3-9H,10H2,1-2H3. The van der Waals surface area contributed by atoms with Crippen LogP contribution in [0.3, 0.4) is 0 Å². The maximum Gasteiger partial charge on any atom is 0.270 e. The van der Waals surface area contributed by atoms with Crippen molar-refractivity contribution in [3.63, 3.8) is 0 Å². The molecular weight excluding hydrogens is 314 g/mol. The van der Waals surface area contributed by atoms with Gasteiger partial charge in [-0.3, -0.25) is 19.7 Å². The fourth-order valence-electron chi connectivity index (χ4n) is 2.14. The number of carbonyl (C=O) groups is 2. The molecule has 0 aliphatic heterocycles. The van der Waals surface area contributed by atoms with Crippen LogP contribution in [0.4, 0.5) is 5.69 Å². The number of nitrogens with zero attached hydrogens (tertiary/aromatic N) is 1. The monoisotopic (exact) mass is 329 g/mol. The van der Waals surface area contributed by atoms with E-state index in [1.54, 1.807) is 18.2 Å². The molecule has 0 saturated carbocycles. The van der Waals surface area contributed by atoms with Gasteiger partial charge >= 0.3 is 0 Å². The Balaban J connectivity index is 2.27. The van der Waals surface area contributed by atoms with Crippen molar-refractivity contribution in [3.05, 3.63) is 63.2 Å². The van der Waals surface area contributed by atoms with Gasteiger partial charge in [-0.15, -0.1) is 0 Å². The molecule has 0 atom stereocenters. The van der Waals surface area contributed by atoms with E-state index in [4.69, 9.17) is 9.47 Å². The number of non-ortho nitro benzene ring substituents is 1. The second-order valence-electron chi connectivity index (χ2n) is 4.97. The normalized spacial score (nSPS) is 10.1. The largest absolute Gasteiger partial charge is 0.496 e. The summed E-state index contributed by atoms with van der Waals surface area (Å²) in [6, 6.07) is 8.71. The highest BCUT2D eigenvalue weighted by molar-refractivity contribution is 5.94. The minimum Gasteiger partial charge on any atom is -0.496 e. The Morgan fingerprint density at radius 1 is 1.21 bits per heavy atom. The zero-order valence-electron chi connectivity index (χ0n) is 13.1. The molecule has 0 aliphatic carbocycles. The van der Waals surface area contributed by atoms with Gasteiger partial charge in [0, 0.05) is 23.3 Å². The predicted octanol–water partition coefficient (Wildman–Crippen LogP) is 3.20. The second kappa shape index (κ2) is 7.36. The Kier molecular flexibility index (Phi) is 5.26. The van der Waals surface area contributed by atoms with Gasteiger partial charge in [0.25, 0.3) is 5.69 Å². The number of benzene rings is 2. The first-order valence-corrected chi connectivity index (χ1v) is 7.00. The molecule has 7 nitrogen and oxygen atoms in total. The number of aldehydes is 1. The van der Waals surface area contributed by atoms with Crippen LogP contribution in [-0.4, -0.2) is 24.1 Å². The third-order valence-electron chi connectivity index (χ3n) is 3.40. The van der Waals surface area contributed by atoms with E-state index in [0.717, 1.165) is 6.07 Å². The van der Waals surface area contributed by atoms with Gasteiger partial charge in [0.05, 0.1) is 17.6 Å². The van der Waals surface area contributed by atoms with Gasteiger partial charge in [0.2, 0.25) is 0 Å². The van der Waals surface area contributed by atoms with Crippen molar-refractivity contribution in [2.24, 2.45) is 0 Å². The lowest BCUT2D eigenvalue weighted by Gasteiger charge is -2.12. The molecule has 24 heavy (non-hydrogen) atoms. The van der Waals surface area contributed by atoms with Crippen LogP contribution in [-0.2, 0) is 6.61 Å². The Morgan fingerprint density at radius 3 is 2.50 bits per heavy atom. The summed E-state index contributed by atoms with van der Waals surface area (Å²) in [6.07, 6.45) is 0.492. The first-order chi connectivity index (χ1) is 11.5. The van der Waals surface area contributed by atoms with E-state index in [-0.39, 0.29) is 29.4 Å². The lowest BCUT2D eigenvalue weighted by Crippen LogP contribution is -2.03. The van der Waals surface area contributed by atoms with Gasteiger partial charge in [-0.1, -0.05) is 0 Å². The van der Waals surface area contributed by atoms with E-state index in [1.807, 2.05) is 0 Å². The average molecular weight is 329 g/mol. The van der Waals surface area contributed by atoms with Crippen LogP contribution >= 0.6 is 0 Å². The van der Waals surface area contributed by atoms with Crippen molar-refractivity contribution >= 4 is 17.8 Å². The number of ketones is 1. The lowest BCUT2D eigenvalue weighted by molar-refractivity contribution is -0.384. The van der Waals surface area contributed by atoms with Crippen molar-refractivity contribution in [1.29, 1.82) is 0 Å². The molecule has 0 heterocycles. The zero-order chi connectivity index (χ0) is 17.7. The summed E-state index contributed by atoms with van der Waals surface area (Å²) >= 11 is 0. The fourth-order valence-corrected chi connectivity index (χ4v) is 2.14. The summed E-state index contributed by atoms with van der Waals surface area (Å²) in [6.45, 7) is 1.50. The molecule has 0 aromatic heterocycles. The average Bonchev–Trinajstić information content (AvgIpc) is 2.59. The molecule has 2 aromatic rings. The summed E-state index contributed by atoms with van der Waals surface area (Å²) in [5.74, 6) is 0.656. The minimum absolute atomic E-state index is 0.0446. The summed E-state index contributed by atoms with van der Waals surface area (Å²) in [7, 11) is 1.50. The van der Waals surface area contributed by atoms with Crippen molar-refractivity contribution in [1.82, 2.24) is 0 Å². The van der Waals surface area contributed by atoms with Crippen molar-refractivity contribution in [2.45, 2.75) is 13.5 Å². The SMILES string of the molecule is COc1ccc(C(C)=O)cc1COc1ccc([N+](=O)[O-])cc1C=O. The number of carbonyl (C=O) groups excluding carboxylic acids is 2. The summed E-state index contributed by atoms with van der Waals surface area (Å²) < 4.78 is 10.8. The van der Waals surface area contributed by atoms with Crippen molar-refractivity contribution in [2.75, 3.05) is 7.11 Å². The first kappa shape index (κ1) is 17.1. The van der Waals surface area contributed by atoms with Crippen LogP contribution in [0.2, 0.25) is 0 Å².